The van der Waals surface area contributed by atoms with E-state index in [2.05, 4.69) is 36.2 Å². The van der Waals surface area contributed by atoms with E-state index in [-0.39, 0.29) is 36.1 Å². The second-order valence-corrected chi connectivity index (χ2v) is 7.63. The number of hydrogen-bond acceptors (Lipinski definition) is 9. The molecule has 2 aromatic carbocycles. The van der Waals surface area contributed by atoms with Gasteiger partial charge in [-0.1, -0.05) is 28.1 Å². The zero-order chi connectivity index (χ0) is 20.6. The molecule has 8 nitrogen and oxygen atoms in total. The Kier molecular flexibility index (Phi) is 7.25. The number of nitrogens with zero attached hydrogens (tertiary/aromatic N) is 3. The Labute approximate surface area is 180 Å². The summed E-state index contributed by atoms with van der Waals surface area (Å²) in [4.78, 5) is 25.3. The van der Waals surface area contributed by atoms with Crippen LogP contribution >= 0.6 is 27.7 Å². The molecule has 3 aromatic rings. The fourth-order valence-electron chi connectivity index (χ4n) is 2.29. The number of nitrogen functional groups attached to an aromatic ring is 1. The smallest absolute Gasteiger partial charge is 0.316 e. The Bertz CT molecular complexity index is 988. The minimum atomic E-state index is -0.379. The molecule has 0 aliphatic carbocycles. The molecule has 0 saturated heterocycles. The normalized spacial score (nSPS) is 10.4. The second kappa shape index (κ2) is 10.1. The van der Waals surface area contributed by atoms with E-state index in [9.17, 15) is 4.79 Å². The molecule has 29 heavy (non-hydrogen) atoms. The van der Waals surface area contributed by atoms with Gasteiger partial charge in [-0.2, -0.15) is 15.0 Å². The Balaban J connectivity index is 1.58. The number of para-hydroxylation sites is 2. The number of nitrogens with two attached hydrogens (primary N) is 1. The summed E-state index contributed by atoms with van der Waals surface area (Å²) in [6.45, 7) is -0.104. The van der Waals surface area contributed by atoms with E-state index in [1.807, 2.05) is 42.5 Å². The first-order valence-corrected chi connectivity index (χ1v) is 10.3. The van der Waals surface area contributed by atoms with E-state index in [1.165, 1.54) is 11.8 Å². The van der Waals surface area contributed by atoms with Gasteiger partial charge >= 0.3 is 5.97 Å². The molecule has 10 heteroatoms. The predicted molar refractivity (Wildman–Crippen MR) is 115 cm³/mol. The average molecular weight is 476 g/mol. The van der Waals surface area contributed by atoms with Gasteiger partial charge in [0.05, 0.1) is 18.6 Å². The number of anilines is 3. The highest BCUT2D eigenvalue weighted by Crippen LogP contribution is 2.25. The highest BCUT2D eigenvalue weighted by atomic mass is 79.9. The lowest BCUT2D eigenvalue weighted by Gasteiger charge is -2.11. The third kappa shape index (κ3) is 6.33. The minimum Gasteiger partial charge on any atom is -0.495 e. The lowest BCUT2D eigenvalue weighted by molar-refractivity contribution is -0.141. The Morgan fingerprint density at radius 3 is 2.66 bits per heavy atom. The van der Waals surface area contributed by atoms with Crippen molar-refractivity contribution in [2.45, 2.75) is 11.5 Å². The first-order chi connectivity index (χ1) is 14.0. The van der Waals surface area contributed by atoms with Gasteiger partial charge in [0.25, 0.3) is 0 Å². The number of thioether (sulfide) groups is 1. The van der Waals surface area contributed by atoms with Gasteiger partial charge in [-0.15, -0.1) is 11.8 Å². The fraction of sp³-hybridized carbons (Fsp3) is 0.158. The number of halogens is 1. The highest BCUT2D eigenvalue weighted by Gasteiger charge is 2.11. The molecule has 0 aliphatic rings. The van der Waals surface area contributed by atoms with E-state index in [0.717, 1.165) is 9.37 Å². The van der Waals surface area contributed by atoms with Crippen LogP contribution in [0.3, 0.4) is 0 Å². The molecule has 0 saturated carbocycles. The molecule has 0 radical (unpaired) electrons. The molecule has 0 fully saturated rings. The van der Waals surface area contributed by atoms with Crippen LogP contribution in [0.15, 0.2) is 57.9 Å². The van der Waals surface area contributed by atoms with Crippen molar-refractivity contribution in [2.75, 3.05) is 23.9 Å². The SMILES string of the molecule is COc1ccccc1Nc1nc(N)nc(COC(=O)CSc2ccc(Br)cc2)n1. The largest absolute Gasteiger partial charge is 0.495 e. The molecular weight excluding hydrogens is 458 g/mol. The van der Waals surface area contributed by atoms with Crippen LogP contribution in [-0.2, 0) is 16.1 Å². The van der Waals surface area contributed by atoms with Gasteiger partial charge in [-0.05, 0) is 36.4 Å². The zero-order valence-corrected chi connectivity index (χ0v) is 17.9. The van der Waals surface area contributed by atoms with Gasteiger partial charge in [0, 0.05) is 9.37 Å². The van der Waals surface area contributed by atoms with Crippen LogP contribution in [0, 0.1) is 0 Å². The summed E-state index contributed by atoms with van der Waals surface area (Å²) in [5, 5.41) is 3.03. The summed E-state index contributed by atoms with van der Waals surface area (Å²) in [6.07, 6.45) is 0. The van der Waals surface area contributed by atoms with Gasteiger partial charge in [0.2, 0.25) is 11.9 Å². The number of hydrogen-bond donors (Lipinski definition) is 2. The van der Waals surface area contributed by atoms with Crippen LogP contribution in [0.2, 0.25) is 0 Å². The van der Waals surface area contributed by atoms with Gasteiger partial charge < -0.3 is 20.5 Å². The van der Waals surface area contributed by atoms with Crippen LogP contribution in [0.5, 0.6) is 5.75 Å². The number of benzene rings is 2. The van der Waals surface area contributed by atoms with Crippen LogP contribution < -0.4 is 15.8 Å². The van der Waals surface area contributed by atoms with Crippen molar-refractivity contribution in [1.29, 1.82) is 0 Å². The molecule has 0 aliphatic heterocycles. The number of carbonyl (C=O) groups is 1. The van der Waals surface area contributed by atoms with E-state index in [4.69, 9.17) is 15.2 Å². The van der Waals surface area contributed by atoms with Crippen LogP contribution in [0.25, 0.3) is 0 Å². The van der Waals surface area contributed by atoms with Crippen LogP contribution in [0.4, 0.5) is 17.6 Å². The monoisotopic (exact) mass is 475 g/mol. The topological polar surface area (TPSA) is 112 Å². The third-order valence-corrected chi connectivity index (χ3v) is 5.10. The molecule has 3 N–H and O–H groups in total. The minimum absolute atomic E-state index is 0.0210. The number of rotatable bonds is 8. The molecule has 3 rings (SSSR count). The molecule has 1 heterocycles. The number of esters is 1. The average Bonchev–Trinajstić information content (AvgIpc) is 2.72. The first-order valence-electron chi connectivity index (χ1n) is 8.48. The maximum Gasteiger partial charge on any atom is 0.316 e. The maximum atomic E-state index is 12.0. The summed E-state index contributed by atoms with van der Waals surface area (Å²) in [5.41, 5.74) is 6.43. The van der Waals surface area contributed by atoms with E-state index in [1.54, 1.807) is 13.2 Å². The second-order valence-electron chi connectivity index (χ2n) is 5.66. The van der Waals surface area contributed by atoms with E-state index >= 15 is 0 Å². The van der Waals surface area contributed by atoms with Crippen molar-refractivity contribution in [3.63, 3.8) is 0 Å². The molecular formula is C19H18BrN5O3S. The van der Waals surface area contributed by atoms with Gasteiger partial charge in [-0.3, -0.25) is 4.79 Å². The Hall–Kier alpha value is -2.85. The molecule has 150 valence electrons. The molecule has 0 amide bonds. The molecule has 0 bridgehead atoms. The van der Waals surface area contributed by atoms with Crippen LogP contribution in [-0.4, -0.2) is 33.8 Å². The maximum absolute atomic E-state index is 12.0. The van der Waals surface area contributed by atoms with Crippen molar-refractivity contribution in [2.24, 2.45) is 0 Å². The number of nitrogens with one attached hydrogen (secondary N) is 1. The fourth-order valence-corrected chi connectivity index (χ4v) is 3.25. The van der Waals surface area contributed by atoms with Gasteiger partial charge in [-0.25, -0.2) is 0 Å². The number of aromatic nitrogens is 3. The van der Waals surface area contributed by atoms with E-state index in [0.29, 0.717) is 11.4 Å². The van der Waals surface area contributed by atoms with Gasteiger partial charge in [0.15, 0.2) is 12.4 Å². The van der Waals surface area contributed by atoms with Crippen molar-refractivity contribution >= 4 is 51.2 Å². The number of carbonyl (C=O) groups excluding carboxylic acids is 1. The summed E-state index contributed by atoms with van der Waals surface area (Å²) < 4.78 is 11.5. The lowest BCUT2D eigenvalue weighted by atomic mass is 10.3. The molecule has 0 spiro atoms. The third-order valence-electron chi connectivity index (χ3n) is 3.59. The predicted octanol–water partition coefficient (Wildman–Crippen LogP) is 3.80. The number of methoxy groups -OCH3 is 1. The summed E-state index contributed by atoms with van der Waals surface area (Å²) in [5.74, 6) is 0.927. The van der Waals surface area contributed by atoms with Crippen molar-refractivity contribution in [3.05, 3.63) is 58.8 Å². The summed E-state index contributed by atoms with van der Waals surface area (Å²) >= 11 is 4.76. The standard InChI is InChI=1S/C19H18BrN5O3S/c1-27-15-5-3-2-4-14(15)22-19-24-16(23-18(21)25-19)10-28-17(26)11-29-13-8-6-12(20)7-9-13/h2-9H,10-11H2,1H3,(H3,21,22,23,24,25). The quantitative estimate of drug-likeness (QED) is 0.370. The summed E-state index contributed by atoms with van der Waals surface area (Å²) in [6, 6.07) is 15.0. The highest BCUT2D eigenvalue weighted by molar-refractivity contribution is 9.10. The van der Waals surface area contributed by atoms with Crippen LogP contribution in [0.1, 0.15) is 5.82 Å². The van der Waals surface area contributed by atoms with Crippen molar-refractivity contribution in [3.8, 4) is 5.75 Å². The molecule has 0 atom stereocenters. The molecule has 1 aromatic heterocycles. The van der Waals surface area contributed by atoms with Gasteiger partial charge in [0.1, 0.15) is 5.75 Å². The lowest BCUT2D eigenvalue weighted by Crippen LogP contribution is -2.12. The Morgan fingerprint density at radius 1 is 1.14 bits per heavy atom. The number of ether oxygens (including phenoxy) is 2. The molecule has 0 unspecified atom stereocenters. The first kappa shape index (κ1) is 20.9. The van der Waals surface area contributed by atoms with E-state index < -0.39 is 0 Å². The summed E-state index contributed by atoms with van der Waals surface area (Å²) in [7, 11) is 1.57. The van der Waals surface area contributed by atoms with Crippen molar-refractivity contribution < 1.29 is 14.3 Å². The zero-order valence-electron chi connectivity index (χ0n) is 15.5. The van der Waals surface area contributed by atoms with Crippen molar-refractivity contribution in [1.82, 2.24) is 15.0 Å². The Morgan fingerprint density at radius 2 is 1.90 bits per heavy atom.